The molecule has 5 atom stereocenters. The van der Waals surface area contributed by atoms with Gasteiger partial charge in [0, 0.05) is 29.5 Å². The Bertz CT molecular complexity index is 1480. The normalized spacial score (nSPS) is 28.2. The number of Topliss-reactive ketones (excluding diaryl/α,β-unsaturated/α-hetero) is 1. The van der Waals surface area contributed by atoms with Gasteiger partial charge in [0.1, 0.15) is 6.04 Å². The van der Waals surface area contributed by atoms with Gasteiger partial charge in [-0.05, 0) is 49.3 Å². The largest absolute Gasteiger partial charge is 0.387 e. The molecule has 0 bridgehead atoms. The van der Waals surface area contributed by atoms with Crippen molar-refractivity contribution in [3.05, 3.63) is 70.7 Å². The monoisotopic (exact) mass is 604 g/mol. The van der Waals surface area contributed by atoms with E-state index >= 15 is 0 Å². The number of nitrogens with zero attached hydrogens (tertiary/aromatic N) is 2. The van der Waals surface area contributed by atoms with Crippen LogP contribution in [0.1, 0.15) is 75.8 Å². The minimum Gasteiger partial charge on any atom is -0.387 e. The van der Waals surface area contributed by atoms with E-state index in [0.29, 0.717) is 36.4 Å². The van der Waals surface area contributed by atoms with E-state index in [9.17, 15) is 19.2 Å². The molecule has 10 heteroatoms. The molecule has 2 aromatic carbocycles. The zero-order chi connectivity index (χ0) is 30.4. The predicted molar refractivity (Wildman–Crippen MR) is 161 cm³/mol. The SMILES string of the molecule is CCC[C@H](NC(=O)[C@@H]1C[C@]2(CC(c3cccc(Cl)c3)=NO2)CN1C(=O)C1(C)CC1c1ccccc1)C(=O)C(=O)NC1CC1. The number of oxime groups is 1. The Morgan fingerprint density at radius 2 is 1.86 bits per heavy atom. The van der Waals surface area contributed by atoms with E-state index < -0.39 is 40.7 Å². The van der Waals surface area contributed by atoms with E-state index in [4.69, 9.17) is 16.4 Å². The first-order valence-corrected chi connectivity index (χ1v) is 15.5. The van der Waals surface area contributed by atoms with Crippen LogP contribution in [0.3, 0.4) is 0 Å². The second-order valence-corrected chi connectivity index (χ2v) is 13.1. The van der Waals surface area contributed by atoms with Gasteiger partial charge in [-0.2, -0.15) is 0 Å². The summed E-state index contributed by atoms with van der Waals surface area (Å²) in [6.07, 6.45) is 3.92. The average Bonchev–Trinajstić information content (AvgIpc) is 3.87. The standard InChI is InChI=1S/C33H37ClN4O5/c1-3-8-25(28(39)30(41)35-23-13-14-23)36-29(40)27-18-33(17-26(37-43-33)21-11-7-12-22(34)15-21)19-38(27)31(42)32(2)16-24(32)20-9-5-4-6-10-20/h4-7,9-12,15,23-25,27H,3,8,13-14,16-19H2,1-2H3,(H,35,41)(H,36,40)/t24?,25-,27-,32?,33+/m0/s1. The second-order valence-electron chi connectivity index (χ2n) is 12.7. The molecule has 3 fully saturated rings. The van der Waals surface area contributed by atoms with Gasteiger partial charge in [-0.15, -0.1) is 0 Å². The lowest BCUT2D eigenvalue weighted by atomic mass is 9.91. The van der Waals surface area contributed by atoms with Crippen molar-refractivity contribution < 1.29 is 24.0 Å². The predicted octanol–water partition coefficient (Wildman–Crippen LogP) is 4.13. The molecule has 1 spiro atoms. The molecule has 2 aliphatic heterocycles. The molecule has 2 unspecified atom stereocenters. The van der Waals surface area contributed by atoms with Gasteiger partial charge in [-0.25, -0.2) is 0 Å². The number of likely N-dealkylation sites (tertiary alicyclic amines) is 1. The van der Waals surface area contributed by atoms with E-state index in [1.165, 1.54) is 0 Å². The van der Waals surface area contributed by atoms with Crippen molar-refractivity contribution in [1.29, 1.82) is 0 Å². The van der Waals surface area contributed by atoms with Crippen molar-refractivity contribution in [2.24, 2.45) is 10.6 Å². The quantitative estimate of drug-likeness (QED) is 0.396. The average molecular weight is 605 g/mol. The summed E-state index contributed by atoms with van der Waals surface area (Å²) >= 11 is 6.22. The number of rotatable bonds is 10. The molecule has 2 saturated carbocycles. The van der Waals surface area contributed by atoms with Gasteiger partial charge in [-0.1, -0.05) is 79.5 Å². The number of hydrogen-bond donors (Lipinski definition) is 2. The Kier molecular flexibility index (Phi) is 7.79. The fraction of sp³-hybridized carbons (Fsp3) is 0.485. The van der Waals surface area contributed by atoms with Gasteiger partial charge in [0.25, 0.3) is 5.91 Å². The highest BCUT2D eigenvalue weighted by Gasteiger charge is 2.62. The van der Waals surface area contributed by atoms with Crippen LogP contribution in [0.4, 0.5) is 0 Å². The Labute approximate surface area is 256 Å². The molecule has 2 N–H and O–H groups in total. The highest BCUT2D eigenvalue weighted by molar-refractivity contribution is 6.38. The fourth-order valence-corrected chi connectivity index (χ4v) is 6.69. The zero-order valence-corrected chi connectivity index (χ0v) is 25.2. The van der Waals surface area contributed by atoms with Crippen LogP contribution in [0.25, 0.3) is 0 Å². The van der Waals surface area contributed by atoms with Gasteiger partial charge in [0.15, 0.2) is 5.60 Å². The third-order valence-electron chi connectivity index (χ3n) is 9.23. The molecule has 226 valence electrons. The molecule has 4 aliphatic rings. The molecule has 1 saturated heterocycles. The smallest absolute Gasteiger partial charge is 0.289 e. The highest BCUT2D eigenvalue weighted by Crippen LogP contribution is 2.60. The summed E-state index contributed by atoms with van der Waals surface area (Å²) in [7, 11) is 0. The topological polar surface area (TPSA) is 117 Å². The number of carbonyl (C=O) groups is 4. The molecule has 0 aromatic heterocycles. The van der Waals surface area contributed by atoms with E-state index in [1.54, 1.807) is 11.0 Å². The minimum absolute atomic E-state index is 0.0299. The van der Waals surface area contributed by atoms with Gasteiger partial charge in [-0.3, -0.25) is 19.2 Å². The Hall–Kier alpha value is -3.72. The molecule has 2 aliphatic carbocycles. The number of halogens is 1. The van der Waals surface area contributed by atoms with E-state index in [1.807, 2.05) is 62.4 Å². The number of benzene rings is 2. The van der Waals surface area contributed by atoms with Crippen LogP contribution in [-0.2, 0) is 24.0 Å². The lowest BCUT2D eigenvalue weighted by molar-refractivity contribution is -0.144. The van der Waals surface area contributed by atoms with Crippen molar-refractivity contribution in [2.75, 3.05) is 6.54 Å². The Morgan fingerprint density at radius 1 is 1.09 bits per heavy atom. The lowest BCUT2D eigenvalue weighted by Crippen LogP contribution is -2.54. The van der Waals surface area contributed by atoms with E-state index in [2.05, 4.69) is 15.8 Å². The maximum absolute atomic E-state index is 14.3. The molecule has 6 rings (SSSR count). The van der Waals surface area contributed by atoms with Crippen LogP contribution in [0, 0.1) is 5.41 Å². The third-order valence-corrected chi connectivity index (χ3v) is 9.47. The van der Waals surface area contributed by atoms with Crippen molar-refractivity contribution >= 4 is 40.8 Å². The van der Waals surface area contributed by atoms with E-state index in [0.717, 1.165) is 24.0 Å². The summed E-state index contributed by atoms with van der Waals surface area (Å²) in [6.45, 7) is 4.02. The molecular formula is C33H37ClN4O5. The van der Waals surface area contributed by atoms with Crippen LogP contribution in [0.5, 0.6) is 0 Å². The van der Waals surface area contributed by atoms with Gasteiger partial charge >= 0.3 is 0 Å². The van der Waals surface area contributed by atoms with E-state index in [-0.39, 0.29) is 30.8 Å². The van der Waals surface area contributed by atoms with Crippen molar-refractivity contribution in [3.8, 4) is 0 Å². The lowest BCUT2D eigenvalue weighted by Gasteiger charge is -2.28. The Balaban J connectivity index is 1.24. The first-order valence-electron chi connectivity index (χ1n) is 15.1. The first-order chi connectivity index (χ1) is 20.6. The Morgan fingerprint density at radius 3 is 2.56 bits per heavy atom. The number of ketones is 1. The number of amides is 3. The van der Waals surface area contributed by atoms with Crippen molar-refractivity contribution in [2.45, 2.75) is 88.4 Å². The summed E-state index contributed by atoms with van der Waals surface area (Å²) in [5.41, 5.74) is 1.06. The molecule has 3 amide bonds. The third kappa shape index (κ3) is 5.92. The first kappa shape index (κ1) is 29.4. The van der Waals surface area contributed by atoms with Gasteiger partial charge in [0.2, 0.25) is 17.6 Å². The summed E-state index contributed by atoms with van der Waals surface area (Å²) in [5.74, 6) is -1.87. The molecular weight excluding hydrogens is 568 g/mol. The molecule has 43 heavy (non-hydrogen) atoms. The van der Waals surface area contributed by atoms with Crippen molar-refractivity contribution in [3.63, 3.8) is 0 Å². The summed E-state index contributed by atoms with van der Waals surface area (Å²) in [6, 6.07) is 15.4. The van der Waals surface area contributed by atoms with Gasteiger partial charge in [0.05, 0.1) is 23.7 Å². The van der Waals surface area contributed by atoms with Gasteiger partial charge < -0.3 is 20.4 Å². The molecule has 0 radical (unpaired) electrons. The second kappa shape index (κ2) is 11.4. The summed E-state index contributed by atoms with van der Waals surface area (Å²) in [4.78, 5) is 61.5. The summed E-state index contributed by atoms with van der Waals surface area (Å²) < 4.78 is 0. The molecule has 2 heterocycles. The minimum atomic E-state index is -0.971. The van der Waals surface area contributed by atoms with Crippen LogP contribution >= 0.6 is 11.6 Å². The highest BCUT2D eigenvalue weighted by atomic mass is 35.5. The van der Waals surface area contributed by atoms with Crippen LogP contribution in [0.2, 0.25) is 5.02 Å². The molecule has 9 nitrogen and oxygen atoms in total. The van der Waals surface area contributed by atoms with Crippen molar-refractivity contribution in [1.82, 2.24) is 15.5 Å². The van der Waals surface area contributed by atoms with Crippen LogP contribution in [-0.4, -0.2) is 64.4 Å². The maximum atomic E-state index is 14.3. The number of hydrogen-bond acceptors (Lipinski definition) is 6. The fourth-order valence-electron chi connectivity index (χ4n) is 6.50. The van der Waals surface area contributed by atoms with Crippen LogP contribution < -0.4 is 10.6 Å². The molecule has 2 aromatic rings. The summed E-state index contributed by atoms with van der Waals surface area (Å²) in [5, 5.41) is 10.5. The maximum Gasteiger partial charge on any atom is 0.289 e. The number of nitrogens with one attached hydrogen (secondary N) is 2. The van der Waals surface area contributed by atoms with Crippen LogP contribution in [0.15, 0.2) is 59.8 Å². The number of carbonyl (C=O) groups excluding carboxylic acids is 4. The zero-order valence-electron chi connectivity index (χ0n) is 24.5.